The number of aryl methyl sites for hydroxylation is 1. The summed E-state index contributed by atoms with van der Waals surface area (Å²) >= 11 is 0. The standard InChI is InChI=1S/C15H22N2O3S/c1-11-4-5-12(21(3,19)20)8-13(11)14(18)17-7-6-15(2,9-16)10-17/h4-5,8H,6-7,9-10,16H2,1-3H3. The Morgan fingerprint density at radius 3 is 2.62 bits per heavy atom. The molecule has 1 atom stereocenters. The highest BCUT2D eigenvalue weighted by Crippen LogP contribution is 2.30. The molecule has 1 fully saturated rings. The van der Waals surface area contributed by atoms with Crippen molar-refractivity contribution in [3.8, 4) is 0 Å². The molecule has 0 saturated carbocycles. The van der Waals surface area contributed by atoms with Gasteiger partial charge in [-0.15, -0.1) is 0 Å². The molecule has 5 nitrogen and oxygen atoms in total. The van der Waals surface area contributed by atoms with Crippen molar-refractivity contribution in [2.75, 3.05) is 25.9 Å². The van der Waals surface area contributed by atoms with Gasteiger partial charge >= 0.3 is 0 Å². The number of likely N-dealkylation sites (tertiary alicyclic amines) is 1. The van der Waals surface area contributed by atoms with Gasteiger partial charge < -0.3 is 10.6 Å². The summed E-state index contributed by atoms with van der Waals surface area (Å²) in [5.41, 5.74) is 6.96. The van der Waals surface area contributed by atoms with E-state index in [9.17, 15) is 13.2 Å². The Bertz CT molecular complexity index is 669. The van der Waals surface area contributed by atoms with Crippen LogP contribution in [0.15, 0.2) is 23.1 Å². The second kappa shape index (κ2) is 5.42. The van der Waals surface area contributed by atoms with Gasteiger partial charge in [-0.05, 0) is 43.0 Å². The van der Waals surface area contributed by atoms with E-state index >= 15 is 0 Å². The van der Waals surface area contributed by atoms with E-state index in [1.807, 2.05) is 6.92 Å². The highest BCUT2D eigenvalue weighted by Gasteiger charge is 2.35. The van der Waals surface area contributed by atoms with Gasteiger partial charge in [0.15, 0.2) is 9.84 Å². The van der Waals surface area contributed by atoms with Crippen LogP contribution in [-0.2, 0) is 9.84 Å². The van der Waals surface area contributed by atoms with Gasteiger partial charge in [0.25, 0.3) is 5.91 Å². The second-order valence-electron chi connectivity index (χ2n) is 6.24. The highest BCUT2D eigenvalue weighted by molar-refractivity contribution is 7.90. The van der Waals surface area contributed by atoms with Gasteiger partial charge in [-0.2, -0.15) is 0 Å². The fourth-order valence-corrected chi connectivity index (χ4v) is 3.24. The maximum Gasteiger partial charge on any atom is 0.254 e. The summed E-state index contributed by atoms with van der Waals surface area (Å²) in [6, 6.07) is 4.70. The van der Waals surface area contributed by atoms with Crippen molar-refractivity contribution in [3.05, 3.63) is 29.3 Å². The summed E-state index contributed by atoms with van der Waals surface area (Å²) < 4.78 is 23.3. The molecule has 0 radical (unpaired) electrons. The Hall–Kier alpha value is -1.40. The summed E-state index contributed by atoms with van der Waals surface area (Å²) in [6.45, 7) is 5.71. The normalized spacial score (nSPS) is 22.6. The number of hydrogen-bond donors (Lipinski definition) is 1. The molecule has 1 aliphatic heterocycles. The fourth-order valence-electron chi connectivity index (χ4n) is 2.60. The van der Waals surface area contributed by atoms with Crippen LogP contribution in [0.1, 0.15) is 29.3 Å². The zero-order chi connectivity index (χ0) is 15.8. The number of nitrogens with zero attached hydrogens (tertiary/aromatic N) is 1. The van der Waals surface area contributed by atoms with Crippen molar-refractivity contribution in [1.29, 1.82) is 0 Å². The lowest BCUT2D eigenvalue weighted by molar-refractivity contribution is 0.0776. The first-order chi connectivity index (χ1) is 9.66. The van der Waals surface area contributed by atoms with Crippen molar-refractivity contribution < 1.29 is 13.2 Å². The predicted octanol–water partition coefficient (Wildman–Crippen LogP) is 1.21. The van der Waals surface area contributed by atoms with Crippen LogP contribution in [0.4, 0.5) is 0 Å². The average molecular weight is 310 g/mol. The van der Waals surface area contributed by atoms with Gasteiger partial charge in [0.2, 0.25) is 0 Å². The predicted molar refractivity (Wildman–Crippen MR) is 82.0 cm³/mol. The van der Waals surface area contributed by atoms with E-state index in [-0.39, 0.29) is 16.2 Å². The maximum absolute atomic E-state index is 12.6. The lowest BCUT2D eigenvalue weighted by Crippen LogP contribution is -2.34. The summed E-state index contributed by atoms with van der Waals surface area (Å²) in [6.07, 6.45) is 2.02. The minimum absolute atomic E-state index is 0.0436. The number of rotatable bonds is 3. The van der Waals surface area contributed by atoms with Crippen LogP contribution in [0, 0.1) is 12.3 Å². The van der Waals surface area contributed by atoms with Crippen LogP contribution in [0.2, 0.25) is 0 Å². The summed E-state index contributed by atoms with van der Waals surface area (Å²) in [7, 11) is -3.32. The lowest BCUT2D eigenvalue weighted by atomic mass is 9.90. The van der Waals surface area contributed by atoms with Crippen LogP contribution in [-0.4, -0.2) is 45.1 Å². The Morgan fingerprint density at radius 2 is 2.10 bits per heavy atom. The molecule has 2 N–H and O–H groups in total. The molecule has 0 aromatic heterocycles. The van der Waals surface area contributed by atoms with Crippen molar-refractivity contribution in [3.63, 3.8) is 0 Å². The molecule has 1 aromatic rings. The molecule has 0 aliphatic carbocycles. The molecule has 1 aliphatic rings. The topological polar surface area (TPSA) is 80.5 Å². The zero-order valence-corrected chi connectivity index (χ0v) is 13.5. The van der Waals surface area contributed by atoms with Crippen molar-refractivity contribution in [1.82, 2.24) is 4.90 Å². The molecule has 1 unspecified atom stereocenters. The SMILES string of the molecule is Cc1ccc(S(C)(=O)=O)cc1C(=O)N1CCC(C)(CN)C1. The smallest absolute Gasteiger partial charge is 0.254 e. The molecule has 116 valence electrons. The number of nitrogens with two attached hydrogens (primary N) is 1. The zero-order valence-electron chi connectivity index (χ0n) is 12.7. The number of amides is 1. The van der Waals surface area contributed by atoms with Crippen LogP contribution in [0.25, 0.3) is 0 Å². The van der Waals surface area contributed by atoms with Gasteiger partial charge in [0, 0.05) is 24.9 Å². The van der Waals surface area contributed by atoms with E-state index in [0.717, 1.165) is 18.2 Å². The molecule has 0 spiro atoms. The quantitative estimate of drug-likeness (QED) is 0.910. The van der Waals surface area contributed by atoms with Gasteiger partial charge in [0.1, 0.15) is 0 Å². The van der Waals surface area contributed by atoms with Crippen LogP contribution < -0.4 is 5.73 Å². The second-order valence-corrected chi connectivity index (χ2v) is 8.26. The molecule has 6 heteroatoms. The maximum atomic E-state index is 12.6. The van der Waals surface area contributed by atoms with Gasteiger partial charge in [-0.25, -0.2) is 8.42 Å². The first-order valence-corrected chi connectivity index (χ1v) is 8.85. The first-order valence-electron chi connectivity index (χ1n) is 6.96. The van der Waals surface area contributed by atoms with Crippen molar-refractivity contribution >= 4 is 15.7 Å². The van der Waals surface area contributed by atoms with E-state index in [1.54, 1.807) is 11.0 Å². The third-order valence-corrected chi connectivity index (χ3v) is 5.32. The number of benzene rings is 1. The molecule has 1 saturated heterocycles. The Morgan fingerprint density at radius 1 is 1.43 bits per heavy atom. The number of hydrogen-bond acceptors (Lipinski definition) is 4. The molecule has 21 heavy (non-hydrogen) atoms. The third kappa shape index (κ3) is 3.27. The monoisotopic (exact) mass is 310 g/mol. The molecular weight excluding hydrogens is 288 g/mol. The van der Waals surface area contributed by atoms with E-state index in [4.69, 9.17) is 5.73 Å². The van der Waals surface area contributed by atoms with E-state index < -0.39 is 9.84 Å². The minimum atomic E-state index is -3.32. The van der Waals surface area contributed by atoms with Crippen molar-refractivity contribution in [2.45, 2.75) is 25.2 Å². The first kappa shape index (κ1) is 16.0. The minimum Gasteiger partial charge on any atom is -0.338 e. The lowest BCUT2D eigenvalue weighted by Gasteiger charge is -2.23. The van der Waals surface area contributed by atoms with Crippen molar-refractivity contribution in [2.24, 2.45) is 11.1 Å². The average Bonchev–Trinajstić information content (AvgIpc) is 2.81. The Kier molecular flexibility index (Phi) is 4.13. The molecule has 1 heterocycles. The molecule has 1 amide bonds. The molecular formula is C15H22N2O3S. The van der Waals surface area contributed by atoms with Crippen LogP contribution in [0.5, 0.6) is 0 Å². The van der Waals surface area contributed by atoms with Crippen LogP contribution in [0.3, 0.4) is 0 Å². The molecule has 0 bridgehead atoms. The summed E-state index contributed by atoms with van der Waals surface area (Å²) in [4.78, 5) is 14.6. The fraction of sp³-hybridized carbons (Fsp3) is 0.533. The van der Waals surface area contributed by atoms with Crippen LogP contribution >= 0.6 is 0 Å². The number of carbonyl (C=O) groups is 1. The Balaban J connectivity index is 2.32. The largest absolute Gasteiger partial charge is 0.338 e. The number of carbonyl (C=O) groups excluding carboxylic acids is 1. The number of sulfone groups is 1. The van der Waals surface area contributed by atoms with Gasteiger partial charge in [-0.1, -0.05) is 13.0 Å². The summed E-state index contributed by atoms with van der Waals surface area (Å²) in [5.74, 6) is -0.116. The molecule has 1 aromatic carbocycles. The summed E-state index contributed by atoms with van der Waals surface area (Å²) in [5, 5.41) is 0. The van der Waals surface area contributed by atoms with E-state index in [2.05, 4.69) is 6.92 Å². The van der Waals surface area contributed by atoms with E-state index in [0.29, 0.717) is 25.2 Å². The molecule has 2 rings (SSSR count). The third-order valence-electron chi connectivity index (χ3n) is 4.21. The van der Waals surface area contributed by atoms with E-state index in [1.165, 1.54) is 12.1 Å². The van der Waals surface area contributed by atoms with Gasteiger partial charge in [-0.3, -0.25) is 4.79 Å². The van der Waals surface area contributed by atoms with Gasteiger partial charge in [0.05, 0.1) is 4.90 Å². The Labute approximate surface area is 126 Å². The highest BCUT2D eigenvalue weighted by atomic mass is 32.2.